The maximum absolute atomic E-state index is 14.4. The number of imidazole rings is 1. The fourth-order valence-corrected chi connectivity index (χ4v) is 4.06. The third-order valence-corrected chi connectivity index (χ3v) is 6.27. The van der Waals surface area contributed by atoms with E-state index in [0.29, 0.717) is 40.9 Å². The van der Waals surface area contributed by atoms with Gasteiger partial charge in [0.05, 0.1) is 25.1 Å². The molecule has 0 spiro atoms. The van der Waals surface area contributed by atoms with Gasteiger partial charge in [-0.3, -0.25) is 9.59 Å². The summed E-state index contributed by atoms with van der Waals surface area (Å²) < 4.78 is 40.9. The van der Waals surface area contributed by atoms with Crippen molar-refractivity contribution >= 4 is 23.3 Å². The highest BCUT2D eigenvalue weighted by atomic mass is 19.1. The number of amides is 2. The molecule has 39 heavy (non-hydrogen) atoms. The monoisotopic (exact) mass is 536 g/mol. The molecule has 1 fully saturated rings. The van der Waals surface area contributed by atoms with Crippen molar-refractivity contribution in [2.45, 2.75) is 33.2 Å². The Morgan fingerprint density at radius 2 is 1.97 bits per heavy atom. The van der Waals surface area contributed by atoms with Crippen molar-refractivity contribution in [3.63, 3.8) is 0 Å². The quantitative estimate of drug-likeness (QED) is 0.331. The topological polar surface area (TPSA) is 120 Å². The van der Waals surface area contributed by atoms with Gasteiger partial charge in [-0.2, -0.15) is 5.10 Å². The summed E-state index contributed by atoms with van der Waals surface area (Å²) in [4.78, 5) is 33.3. The molecule has 2 N–H and O–H groups in total. The maximum atomic E-state index is 14.4. The van der Waals surface area contributed by atoms with Gasteiger partial charge in [-0.1, -0.05) is 0 Å². The number of aromatic nitrogens is 4. The predicted octanol–water partition coefficient (Wildman–Crippen LogP) is 4.06. The second-order valence-corrected chi connectivity index (χ2v) is 9.31. The SMILES string of the molecule is COc1ncc(-c2ccc3nc(NC(C)=O)c(C)n3n2)cc1C(=O)NCc1cc(F)cc(F)c1OCC1CC1. The summed E-state index contributed by atoms with van der Waals surface area (Å²) >= 11 is 0. The number of halogens is 2. The van der Waals surface area contributed by atoms with Crippen LogP contribution < -0.4 is 20.1 Å². The fourth-order valence-electron chi connectivity index (χ4n) is 4.06. The Kier molecular flexibility index (Phi) is 7.09. The van der Waals surface area contributed by atoms with E-state index >= 15 is 0 Å². The lowest BCUT2D eigenvalue weighted by molar-refractivity contribution is -0.114. The van der Waals surface area contributed by atoms with E-state index in [2.05, 4.69) is 25.7 Å². The van der Waals surface area contributed by atoms with E-state index in [9.17, 15) is 18.4 Å². The van der Waals surface area contributed by atoms with Gasteiger partial charge in [0, 0.05) is 36.9 Å². The van der Waals surface area contributed by atoms with Gasteiger partial charge >= 0.3 is 0 Å². The van der Waals surface area contributed by atoms with Crippen LogP contribution in [0.3, 0.4) is 0 Å². The zero-order valence-corrected chi connectivity index (χ0v) is 21.5. The molecule has 3 heterocycles. The largest absolute Gasteiger partial charge is 0.490 e. The molecule has 1 aromatic carbocycles. The van der Waals surface area contributed by atoms with E-state index in [4.69, 9.17) is 9.47 Å². The number of methoxy groups -OCH3 is 1. The van der Waals surface area contributed by atoms with Crippen molar-refractivity contribution in [2.75, 3.05) is 19.0 Å². The number of carbonyl (C=O) groups is 2. The number of fused-ring (bicyclic) bond motifs is 1. The van der Waals surface area contributed by atoms with E-state index < -0.39 is 17.5 Å². The average Bonchev–Trinajstić information content (AvgIpc) is 3.69. The van der Waals surface area contributed by atoms with Crippen molar-refractivity contribution in [1.29, 1.82) is 0 Å². The first kappa shape index (κ1) is 26.0. The molecule has 1 saturated carbocycles. The van der Waals surface area contributed by atoms with Crippen LogP contribution in [0.15, 0.2) is 36.5 Å². The highest BCUT2D eigenvalue weighted by Gasteiger charge is 2.24. The summed E-state index contributed by atoms with van der Waals surface area (Å²) in [5, 5.41) is 9.93. The Morgan fingerprint density at radius 3 is 2.69 bits per heavy atom. The van der Waals surface area contributed by atoms with Crippen molar-refractivity contribution in [2.24, 2.45) is 5.92 Å². The molecule has 2 amide bonds. The zero-order chi connectivity index (χ0) is 27.7. The molecule has 12 heteroatoms. The number of hydrogen-bond donors (Lipinski definition) is 2. The summed E-state index contributed by atoms with van der Waals surface area (Å²) in [6.07, 6.45) is 3.53. The lowest BCUT2D eigenvalue weighted by atomic mass is 10.1. The molecule has 0 aliphatic heterocycles. The first-order valence-corrected chi connectivity index (χ1v) is 12.3. The minimum absolute atomic E-state index is 0.0692. The number of nitrogens with zero attached hydrogens (tertiary/aromatic N) is 4. The lowest BCUT2D eigenvalue weighted by Crippen LogP contribution is -2.24. The highest BCUT2D eigenvalue weighted by Crippen LogP contribution is 2.32. The van der Waals surface area contributed by atoms with Crippen LogP contribution in [0, 0.1) is 24.5 Å². The second-order valence-electron chi connectivity index (χ2n) is 9.31. The van der Waals surface area contributed by atoms with E-state index in [1.165, 1.54) is 20.2 Å². The number of ether oxygens (including phenoxy) is 2. The van der Waals surface area contributed by atoms with Gasteiger partial charge in [0.25, 0.3) is 5.91 Å². The Balaban J connectivity index is 1.40. The van der Waals surface area contributed by atoms with Gasteiger partial charge in [0.2, 0.25) is 11.8 Å². The Bertz CT molecular complexity index is 1580. The normalized spacial score (nSPS) is 12.8. The molecule has 4 aromatic rings. The Hall–Kier alpha value is -4.61. The number of benzene rings is 1. The van der Waals surface area contributed by atoms with Crippen molar-refractivity contribution in [1.82, 2.24) is 24.9 Å². The fraction of sp³-hybridized carbons (Fsp3) is 0.296. The van der Waals surface area contributed by atoms with Crippen LogP contribution >= 0.6 is 0 Å². The molecule has 1 aliphatic carbocycles. The highest BCUT2D eigenvalue weighted by molar-refractivity contribution is 5.97. The van der Waals surface area contributed by atoms with Crippen LogP contribution in [0.5, 0.6) is 11.6 Å². The third kappa shape index (κ3) is 5.64. The number of rotatable bonds is 9. The van der Waals surface area contributed by atoms with Gasteiger partial charge in [-0.05, 0) is 49.9 Å². The molecular weight excluding hydrogens is 510 g/mol. The first-order valence-electron chi connectivity index (χ1n) is 12.3. The summed E-state index contributed by atoms with van der Waals surface area (Å²) in [5.41, 5.74) is 2.45. The molecule has 10 nitrogen and oxygen atoms in total. The van der Waals surface area contributed by atoms with E-state index in [1.54, 1.807) is 29.6 Å². The molecule has 0 atom stereocenters. The Labute approximate surface area is 222 Å². The van der Waals surface area contributed by atoms with Crippen molar-refractivity contribution < 1.29 is 27.8 Å². The number of aryl methyl sites for hydroxylation is 1. The van der Waals surface area contributed by atoms with Gasteiger partial charge < -0.3 is 20.1 Å². The zero-order valence-electron chi connectivity index (χ0n) is 21.5. The number of pyridine rings is 1. The molecular formula is C27H26F2N6O4. The van der Waals surface area contributed by atoms with Crippen LogP contribution in [0.1, 0.15) is 41.4 Å². The summed E-state index contributed by atoms with van der Waals surface area (Å²) in [5.74, 6) is -1.64. The molecule has 1 aliphatic rings. The minimum atomic E-state index is -0.820. The smallest absolute Gasteiger partial charge is 0.257 e. The second kappa shape index (κ2) is 10.6. The van der Waals surface area contributed by atoms with Crippen LogP contribution in [0.4, 0.5) is 14.6 Å². The number of anilines is 1. The van der Waals surface area contributed by atoms with Crippen molar-refractivity contribution in [3.8, 4) is 22.9 Å². The van der Waals surface area contributed by atoms with Crippen LogP contribution in [0.2, 0.25) is 0 Å². The maximum Gasteiger partial charge on any atom is 0.257 e. The van der Waals surface area contributed by atoms with Crippen molar-refractivity contribution in [3.05, 3.63) is 65.0 Å². The molecule has 0 radical (unpaired) electrons. The molecule has 202 valence electrons. The standard InChI is InChI=1S/C27H26F2N6O4/c1-14-25(32-15(2)36)33-23-7-6-22(34-35(14)23)17-9-20(27(38-3)31-11-17)26(37)30-12-18-8-19(28)10-21(29)24(18)39-13-16-4-5-16/h6-11,16H,4-5,12-13H2,1-3H3,(H,30,37)(H,32,36). The summed E-state index contributed by atoms with van der Waals surface area (Å²) in [6, 6.07) is 6.90. The minimum Gasteiger partial charge on any atom is -0.490 e. The average molecular weight is 537 g/mol. The first-order chi connectivity index (χ1) is 18.7. The molecule has 3 aromatic heterocycles. The summed E-state index contributed by atoms with van der Waals surface area (Å²) in [6.45, 7) is 3.32. The lowest BCUT2D eigenvalue weighted by Gasteiger charge is -2.14. The molecule has 0 unspecified atom stereocenters. The van der Waals surface area contributed by atoms with Gasteiger partial charge in [0.1, 0.15) is 11.4 Å². The molecule has 0 bridgehead atoms. The van der Waals surface area contributed by atoms with E-state index in [1.807, 2.05) is 0 Å². The third-order valence-electron chi connectivity index (χ3n) is 6.27. The number of nitrogens with one attached hydrogen (secondary N) is 2. The van der Waals surface area contributed by atoms with Crippen LogP contribution in [-0.2, 0) is 11.3 Å². The van der Waals surface area contributed by atoms with Crippen LogP contribution in [-0.4, -0.2) is 45.1 Å². The van der Waals surface area contributed by atoms with Crippen LogP contribution in [0.25, 0.3) is 16.9 Å². The van der Waals surface area contributed by atoms with Gasteiger partial charge in [-0.25, -0.2) is 23.3 Å². The summed E-state index contributed by atoms with van der Waals surface area (Å²) in [7, 11) is 1.38. The molecule has 5 rings (SSSR count). The Morgan fingerprint density at radius 1 is 1.18 bits per heavy atom. The molecule has 0 saturated heterocycles. The van der Waals surface area contributed by atoms with E-state index in [0.717, 1.165) is 25.0 Å². The number of hydrogen-bond acceptors (Lipinski definition) is 7. The predicted molar refractivity (Wildman–Crippen MR) is 138 cm³/mol. The van der Waals surface area contributed by atoms with E-state index in [-0.39, 0.29) is 35.2 Å². The van der Waals surface area contributed by atoms with Gasteiger partial charge in [-0.15, -0.1) is 0 Å². The van der Waals surface area contributed by atoms with Gasteiger partial charge in [0.15, 0.2) is 23.0 Å². The number of carbonyl (C=O) groups excluding carboxylic acids is 2.